The maximum atomic E-state index is 11.0. The number of hydrogen-bond donors (Lipinski definition) is 1. The third kappa shape index (κ3) is 5.15. The van der Waals surface area contributed by atoms with Gasteiger partial charge in [0.1, 0.15) is 5.75 Å². The van der Waals surface area contributed by atoms with E-state index in [0.717, 1.165) is 12.2 Å². The van der Waals surface area contributed by atoms with E-state index in [0.29, 0.717) is 18.7 Å². The number of hydrogen-bond acceptors (Lipinski definition) is 3. The van der Waals surface area contributed by atoms with Crippen molar-refractivity contribution < 1.29 is 14.3 Å². The van der Waals surface area contributed by atoms with Crippen LogP contribution in [-0.2, 0) is 4.79 Å². The lowest BCUT2D eigenvalue weighted by molar-refractivity contribution is -0.118. The zero-order chi connectivity index (χ0) is 12.7. The summed E-state index contributed by atoms with van der Waals surface area (Å²) in [7, 11) is 0. The van der Waals surface area contributed by atoms with E-state index in [2.05, 4.69) is 5.32 Å². The van der Waals surface area contributed by atoms with Crippen LogP contribution in [0.25, 0.3) is 0 Å². The number of carbonyl (C=O) groups is 2. The number of carbonyl (C=O) groups excluding carboxylic acids is 2. The Morgan fingerprint density at radius 2 is 1.82 bits per heavy atom. The summed E-state index contributed by atoms with van der Waals surface area (Å²) in [6, 6.07) is 7.03. The van der Waals surface area contributed by atoms with Crippen LogP contribution in [0, 0.1) is 0 Å². The van der Waals surface area contributed by atoms with Crippen LogP contribution < -0.4 is 10.1 Å². The summed E-state index contributed by atoms with van der Waals surface area (Å²) in [5.74, 6) is 0.746. The van der Waals surface area contributed by atoms with Crippen LogP contribution in [0.2, 0.25) is 0 Å². The first kappa shape index (κ1) is 13.2. The number of ether oxygens (including phenoxy) is 1. The van der Waals surface area contributed by atoms with Gasteiger partial charge < -0.3 is 10.1 Å². The fourth-order valence-electron chi connectivity index (χ4n) is 1.31. The smallest absolute Gasteiger partial charge is 0.216 e. The summed E-state index contributed by atoms with van der Waals surface area (Å²) in [4.78, 5) is 21.6. The lowest BCUT2D eigenvalue weighted by Crippen LogP contribution is -2.22. The van der Waals surface area contributed by atoms with Gasteiger partial charge in [-0.2, -0.15) is 0 Å². The van der Waals surface area contributed by atoms with E-state index in [9.17, 15) is 9.59 Å². The molecule has 0 atom stereocenters. The third-order valence-corrected chi connectivity index (χ3v) is 2.22. The molecule has 0 spiro atoms. The molecule has 0 aromatic heterocycles. The highest BCUT2D eigenvalue weighted by Crippen LogP contribution is 2.12. The molecule has 92 valence electrons. The zero-order valence-electron chi connectivity index (χ0n) is 10.2. The van der Waals surface area contributed by atoms with Crippen LogP contribution in [0.5, 0.6) is 5.75 Å². The Labute approximate surface area is 101 Å². The molecule has 1 aromatic rings. The fraction of sp³-hybridized carbons (Fsp3) is 0.385. The first-order chi connectivity index (χ1) is 8.09. The minimum absolute atomic E-state index is 0.0317. The van der Waals surface area contributed by atoms with Crippen molar-refractivity contribution in [2.75, 3.05) is 13.2 Å². The molecule has 0 saturated carbocycles. The van der Waals surface area contributed by atoms with E-state index in [1.54, 1.807) is 24.3 Å². The van der Waals surface area contributed by atoms with E-state index in [1.807, 2.05) is 0 Å². The Kier molecular flexibility index (Phi) is 5.20. The van der Waals surface area contributed by atoms with Crippen molar-refractivity contribution in [3.8, 4) is 5.75 Å². The molecular formula is C13H17NO3. The molecular weight excluding hydrogens is 218 g/mol. The summed E-state index contributed by atoms with van der Waals surface area (Å²) in [5.41, 5.74) is 0.676. The predicted molar refractivity (Wildman–Crippen MR) is 65.2 cm³/mol. The molecule has 0 unspecified atom stereocenters. The highest BCUT2D eigenvalue weighted by Gasteiger charge is 1.99. The van der Waals surface area contributed by atoms with Gasteiger partial charge >= 0.3 is 0 Å². The van der Waals surface area contributed by atoms with Gasteiger partial charge in [0.05, 0.1) is 6.61 Å². The van der Waals surface area contributed by atoms with E-state index < -0.39 is 0 Å². The molecule has 4 nitrogen and oxygen atoms in total. The normalized spacial score (nSPS) is 9.76. The second-order valence-electron chi connectivity index (χ2n) is 3.77. The van der Waals surface area contributed by atoms with Crippen molar-refractivity contribution in [1.82, 2.24) is 5.32 Å². The molecule has 1 amide bonds. The Morgan fingerprint density at radius 3 is 2.35 bits per heavy atom. The van der Waals surface area contributed by atoms with E-state index in [-0.39, 0.29) is 11.7 Å². The fourth-order valence-corrected chi connectivity index (χ4v) is 1.31. The molecule has 17 heavy (non-hydrogen) atoms. The monoisotopic (exact) mass is 235 g/mol. The molecule has 0 saturated heterocycles. The summed E-state index contributed by atoms with van der Waals surface area (Å²) in [6.07, 6.45) is 0.758. The Morgan fingerprint density at radius 1 is 1.18 bits per heavy atom. The average Bonchev–Trinajstić information content (AvgIpc) is 2.29. The number of benzene rings is 1. The van der Waals surface area contributed by atoms with E-state index in [4.69, 9.17) is 4.74 Å². The van der Waals surface area contributed by atoms with Crippen LogP contribution in [-0.4, -0.2) is 24.8 Å². The van der Waals surface area contributed by atoms with Gasteiger partial charge in [0.15, 0.2) is 5.78 Å². The van der Waals surface area contributed by atoms with Crippen LogP contribution in [0.1, 0.15) is 30.6 Å². The first-order valence-electron chi connectivity index (χ1n) is 5.58. The minimum atomic E-state index is -0.0317. The third-order valence-electron chi connectivity index (χ3n) is 2.22. The van der Waals surface area contributed by atoms with Gasteiger partial charge in [-0.25, -0.2) is 0 Å². The molecule has 0 fully saturated rings. The Hall–Kier alpha value is -1.84. The van der Waals surface area contributed by atoms with Gasteiger partial charge in [0.2, 0.25) is 5.91 Å². The SMILES string of the molecule is CC(=O)NCCCOc1ccc(C(C)=O)cc1. The van der Waals surface area contributed by atoms with Gasteiger partial charge in [-0.05, 0) is 37.6 Å². The molecule has 1 rings (SSSR count). The van der Waals surface area contributed by atoms with Crippen LogP contribution in [0.15, 0.2) is 24.3 Å². The summed E-state index contributed by atoms with van der Waals surface area (Å²) in [6.45, 7) is 4.17. The quantitative estimate of drug-likeness (QED) is 0.604. The number of ketones is 1. The van der Waals surface area contributed by atoms with Gasteiger partial charge in [-0.15, -0.1) is 0 Å². The number of rotatable bonds is 6. The molecule has 0 aliphatic carbocycles. The maximum absolute atomic E-state index is 11.0. The minimum Gasteiger partial charge on any atom is -0.494 e. The van der Waals surface area contributed by atoms with Crippen LogP contribution in [0.3, 0.4) is 0 Å². The molecule has 1 N–H and O–H groups in total. The van der Waals surface area contributed by atoms with Crippen LogP contribution in [0.4, 0.5) is 0 Å². The van der Waals surface area contributed by atoms with Crippen molar-refractivity contribution in [3.05, 3.63) is 29.8 Å². The lowest BCUT2D eigenvalue weighted by Gasteiger charge is -2.06. The largest absolute Gasteiger partial charge is 0.494 e. The van der Waals surface area contributed by atoms with E-state index in [1.165, 1.54) is 13.8 Å². The summed E-state index contributed by atoms with van der Waals surface area (Å²) in [5, 5.41) is 2.69. The van der Waals surface area contributed by atoms with Gasteiger partial charge in [0.25, 0.3) is 0 Å². The lowest BCUT2D eigenvalue weighted by atomic mass is 10.1. The molecule has 1 aromatic carbocycles. The van der Waals surface area contributed by atoms with Crippen LogP contribution >= 0.6 is 0 Å². The Bertz CT molecular complexity index is 384. The molecule has 0 bridgehead atoms. The highest BCUT2D eigenvalue weighted by molar-refractivity contribution is 5.94. The zero-order valence-corrected chi connectivity index (χ0v) is 10.2. The molecule has 0 aliphatic rings. The number of nitrogens with one attached hydrogen (secondary N) is 1. The number of amides is 1. The number of Topliss-reactive ketones (excluding diaryl/α,β-unsaturated/α-hetero) is 1. The van der Waals surface area contributed by atoms with E-state index >= 15 is 0 Å². The van der Waals surface area contributed by atoms with Crippen molar-refractivity contribution in [2.45, 2.75) is 20.3 Å². The second-order valence-corrected chi connectivity index (χ2v) is 3.77. The van der Waals surface area contributed by atoms with Crippen molar-refractivity contribution in [3.63, 3.8) is 0 Å². The standard InChI is InChI=1S/C13H17NO3/c1-10(15)12-4-6-13(7-5-12)17-9-3-8-14-11(2)16/h4-7H,3,8-9H2,1-2H3,(H,14,16). The molecule has 4 heteroatoms. The molecule has 0 heterocycles. The molecule has 0 radical (unpaired) electrons. The Balaban J connectivity index is 2.27. The first-order valence-corrected chi connectivity index (χ1v) is 5.58. The molecule has 0 aliphatic heterocycles. The van der Waals surface area contributed by atoms with Crippen molar-refractivity contribution in [1.29, 1.82) is 0 Å². The maximum Gasteiger partial charge on any atom is 0.216 e. The summed E-state index contributed by atoms with van der Waals surface area (Å²) < 4.78 is 5.46. The predicted octanol–water partition coefficient (Wildman–Crippen LogP) is 1.79. The highest BCUT2D eigenvalue weighted by atomic mass is 16.5. The van der Waals surface area contributed by atoms with Crippen molar-refractivity contribution >= 4 is 11.7 Å². The van der Waals surface area contributed by atoms with Gasteiger partial charge in [-0.3, -0.25) is 9.59 Å². The van der Waals surface area contributed by atoms with Crippen molar-refractivity contribution in [2.24, 2.45) is 0 Å². The van der Waals surface area contributed by atoms with Gasteiger partial charge in [0, 0.05) is 19.0 Å². The average molecular weight is 235 g/mol. The topological polar surface area (TPSA) is 55.4 Å². The summed E-state index contributed by atoms with van der Waals surface area (Å²) >= 11 is 0. The second kappa shape index (κ2) is 6.68. The van der Waals surface area contributed by atoms with Gasteiger partial charge in [-0.1, -0.05) is 0 Å².